The molecule has 0 bridgehead atoms. The van der Waals surface area contributed by atoms with E-state index in [1.807, 2.05) is 0 Å². The monoisotopic (exact) mass is 438 g/mol. The minimum absolute atomic E-state index is 0. The Balaban J connectivity index is 0.00000144. The molecular formula is C21H26Cl2Zr. The van der Waals surface area contributed by atoms with Gasteiger partial charge < -0.3 is 24.8 Å². The molecule has 0 fully saturated rings. The largest absolute Gasteiger partial charge is 1.00 e. The number of rotatable bonds is 2. The maximum absolute atomic E-state index is 2.51. The Kier molecular flexibility index (Phi) is 6.99. The number of aryl methyl sites for hydroxylation is 2. The fraction of sp³-hybridized carbons (Fsp3) is 0.429. The molecule has 0 N–H and O–H groups in total. The summed E-state index contributed by atoms with van der Waals surface area (Å²) in [7, 11) is 0. The summed E-state index contributed by atoms with van der Waals surface area (Å²) in [5.41, 5.74) is 12.4. The van der Waals surface area contributed by atoms with Crippen LogP contribution in [-0.4, -0.2) is 0 Å². The second kappa shape index (κ2) is 7.65. The van der Waals surface area contributed by atoms with Gasteiger partial charge in [0.1, 0.15) is 0 Å². The van der Waals surface area contributed by atoms with Gasteiger partial charge in [-0.15, -0.1) is 0 Å². The van der Waals surface area contributed by atoms with E-state index in [1.165, 1.54) is 16.7 Å². The van der Waals surface area contributed by atoms with Crippen molar-refractivity contribution in [2.45, 2.75) is 55.2 Å². The van der Waals surface area contributed by atoms with E-state index in [9.17, 15) is 0 Å². The molecule has 3 rings (SSSR count). The molecule has 1 unspecified atom stereocenters. The van der Waals surface area contributed by atoms with Gasteiger partial charge in [0.05, 0.1) is 0 Å². The Labute approximate surface area is 171 Å². The summed E-state index contributed by atoms with van der Waals surface area (Å²) in [6.07, 6.45) is 4.89. The van der Waals surface area contributed by atoms with Crippen LogP contribution in [0.1, 0.15) is 60.5 Å². The van der Waals surface area contributed by atoms with Gasteiger partial charge in [-0.3, -0.25) is 0 Å². The van der Waals surface area contributed by atoms with Gasteiger partial charge in [-0.1, -0.05) is 0 Å². The van der Waals surface area contributed by atoms with E-state index in [0.717, 1.165) is 0 Å². The smallest absolute Gasteiger partial charge is 1.00 e. The minimum Gasteiger partial charge on any atom is -1.00 e. The summed E-state index contributed by atoms with van der Waals surface area (Å²) < 4.78 is 1.09. The first-order valence-electron chi connectivity index (χ1n) is 8.19. The van der Waals surface area contributed by atoms with Gasteiger partial charge in [0.25, 0.3) is 0 Å². The number of hydrogen-bond acceptors (Lipinski definition) is 0. The fourth-order valence-corrected chi connectivity index (χ4v) is 9.30. The van der Waals surface area contributed by atoms with Crippen molar-refractivity contribution in [2.24, 2.45) is 0 Å². The van der Waals surface area contributed by atoms with Gasteiger partial charge in [-0.25, -0.2) is 0 Å². The molecule has 0 spiro atoms. The summed E-state index contributed by atoms with van der Waals surface area (Å²) in [5, 5.41) is 0. The number of benzene rings is 1. The Morgan fingerprint density at radius 3 is 1.88 bits per heavy atom. The molecule has 3 heteroatoms. The molecule has 0 saturated carbocycles. The van der Waals surface area contributed by atoms with Crippen molar-refractivity contribution in [3.63, 3.8) is 0 Å². The zero-order valence-electron chi connectivity index (χ0n) is 15.6. The van der Waals surface area contributed by atoms with Crippen LogP contribution in [0, 0.1) is 13.8 Å². The van der Waals surface area contributed by atoms with E-state index in [0.29, 0.717) is 6.75 Å². The SMILES string of the molecule is CC1=C(C)[C](C)([Zr+2][CH]2C=Cc3c(C)ccc(C)c32)C(C)=C1C.[Cl-].[Cl-]. The van der Waals surface area contributed by atoms with E-state index in [4.69, 9.17) is 0 Å². The molecule has 0 amide bonds. The van der Waals surface area contributed by atoms with Crippen LogP contribution in [0.4, 0.5) is 0 Å². The second-order valence-electron chi connectivity index (χ2n) is 7.13. The van der Waals surface area contributed by atoms with Crippen molar-refractivity contribution >= 4 is 6.08 Å². The van der Waals surface area contributed by atoms with E-state index in [2.05, 4.69) is 72.8 Å². The molecular weight excluding hydrogens is 414 g/mol. The summed E-state index contributed by atoms with van der Waals surface area (Å²) in [6.45, 7) is 16.4. The van der Waals surface area contributed by atoms with Crippen molar-refractivity contribution in [1.82, 2.24) is 0 Å². The van der Waals surface area contributed by atoms with Gasteiger partial charge in [-0.05, 0) is 0 Å². The Morgan fingerprint density at radius 2 is 1.33 bits per heavy atom. The number of hydrogen-bond donors (Lipinski definition) is 0. The molecule has 0 heterocycles. The summed E-state index contributed by atoms with van der Waals surface area (Å²) >= 11 is -0.681. The van der Waals surface area contributed by atoms with Crippen molar-refractivity contribution < 1.29 is 48.0 Å². The molecule has 0 radical (unpaired) electrons. The van der Waals surface area contributed by atoms with Crippen LogP contribution in [0.2, 0.25) is 3.12 Å². The standard InChI is InChI=1S/C11H11.C10H15.2ClH.Zr/c1-8-6-7-9(2)11-5-3-4-10(8)11;1-6-7(2)9(4)10(5)8(6)3;;;/h3-7H,1-2H3;1-5H3;2*1H;/q;;;;+2/p-2. The molecule has 0 aromatic heterocycles. The van der Waals surface area contributed by atoms with Gasteiger partial charge in [0.15, 0.2) is 0 Å². The van der Waals surface area contributed by atoms with Crippen molar-refractivity contribution in [1.29, 1.82) is 0 Å². The predicted octanol–water partition coefficient (Wildman–Crippen LogP) is 0.327. The van der Waals surface area contributed by atoms with Crippen LogP contribution >= 0.6 is 0 Å². The maximum atomic E-state index is 2.51. The average Bonchev–Trinajstić information content (AvgIpc) is 2.97. The van der Waals surface area contributed by atoms with Crippen LogP contribution in [0.5, 0.6) is 0 Å². The first kappa shape index (κ1) is 21.9. The molecule has 2 aliphatic rings. The topological polar surface area (TPSA) is 0 Å². The third-order valence-corrected chi connectivity index (χ3v) is 11.3. The van der Waals surface area contributed by atoms with Crippen LogP contribution in [-0.2, 0) is 23.2 Å². The van der Waals surface area contributed by atoms with E-state index < -0.39 is 23.2 Å². The number of fused-ring (bicyclic) bond motifs is 1. The second-order valence-corrected chi connectivity index (χ2v) is 11.8. The molecule has 0 aliphatic heterocycles. The first-order valence-corrected chi connectivity index (χ1v) is 10.8. The average molecular weight is 441 g/mol. The van der Waals surface area contributed by atoms with Gasteiger partial charge in [-0.2, -0.15) is 0 Å². The van der Waals surface area contributed by atoms with Crippen LogP contribution in [0.25, 0.3) is 6.08 Å². The molecule has 0 nitrogen and oxygen atoms in total. The summed E-state index contributed by atoms with van der Waals surface area (Å²) in [6, 6.07) is 4.58. The van der Waals surface area contributed by atoms with Crippen LogP contribution in [0.15, 0.2) is 40.5 Å². The molecule has 0 saturated heterocycles. The molecule has 128 valence electrons. The fourth-order valence-electron chi connectivity index (χ4n) is 4.02. The summed E-state index contributed by atoms with van der Waals surface area (Å²) in [4.78, 5) is 0. The van der Waals surface area contributed by atoms with Gasteiger partial charge >= 0.3 is 147 Å². The zero-order chi connectivity index (χ0) is 16.2. The van der Waals surface area contributed by atoms with Crippen molar-refractivity contribution in [2.75, 3.05) is 0 Å². The first-order chi connectivity index (χ1) is 10.3. The minimum atomic E-state index is -0.681. The van der Waals surface area contributed by atoms with E-state index in [-0.39, 0.29) is 24.8 Å². The molecule has 2 aliphatic carbocycles. The van der Waals surface area contributed by atoms with E-state index in [1.54, 1.807) is 27.9 Å². The third-order valence-electron chi connectivity index (χ3n) is 6.12. The van der Waals surface area contributed by atoms with Crippen molar-refractivity contribution in [3.8, 4) is 0 Å². The zero-order valence-corrected chi connectivity index (χ0v) is 19.6. The number of allylic oxidation sites excluding steroid dienone is 5. The summed E-state index contributed by atoms with van der Waals surface area (Å²) in [5.74, 6) is 0. The molecule has 1 aromatic rings. The number of halogens is 2. The molecule has 24 heavy (non-hydrogen) atoms. The Morgan fingerprint density at radius 1 is 0.833 bits per heavy atom. The van der Waals surface area contributed by atoms with Gasteiger partial charge in [0, 0.05) is 0 Å². The quantitative estimate of drug-likeness (QED) is 0.622. The molecule has 1 atom stereocenters. The van der Waals surface area contributed by atoms with E-state index >= 15 is 0 Å². The normalized spacial score (nSPS) is 20.5. The maximum Gasteiger partial charge on any atom is -1.00 e. The Hall–Kier alpha value is -0.0969. The predicted molar refractivity (Wildman–Crippen MR) is 92.8 cm³/mol. The van der Waals surface area contributed by atoms with Crippen LogP contribution < -0.4 is 24.8 Å². The van der Waals surface area contributed by atoms with Gasteiger partial charge in [0.2, 0.25) is 0 Å². The molecule has 1 aromatic carbocycles. The Bertz CT molecular complexity index is 729. The van der Waals surface area contributed by atoms with Crippen molar-refractivity contribution in [3.05, 3.63) is 62.8 Å². The third kappa shape index (κ3) is 3.17. The van der Waals surface area contributed by atoms with Crippen LogP contribution in [0.3, 0.4) is 0 Å².